The van der Waals surface area contributed by atoms with Gasteiger partial charge < -0.3 is 0 Å². The molecule has 0 spiro atoms. The van der Waals surface area contributed by atoms with Crippen LogP contribution in [0.1, 0.15) is 12.8 Å². The summed E-state index contributed by atoms with van der Waals surface area (Å²) >= 11 is 0. The zero-order valence-corrected chi connectivity index (χ0v) is 5.83. The number of nitrogens with zero attached hydrogens (tertiary/aromatic N) is 2. The van der Waals surface area contributed by atoms with Crippen LogP contribution < -0.4 is 0 Å². The van der Waals surface area contributed by atoms with Crippen molar-refractivity contribution in [3.8, 4) is 0 Å². The molecule has 52 valence electrons. The van der Waals surface area contributed by atoms with Crippen LogP contribution in [-0.2, 0) is 0 Å². The average molecular weight is 134 g/mol. The lowest BCUT2D eigenvalue weighted by atomic mass is 9.96. The van der Waals surface area contributed by atoms with E-state index in [1.807, 2.05) is 0 Å². The molecule has 0 saturated carbocycles. The van der Waals surface area contributed by atoms with Gasteiger partial charge in [0, 0.05) is 0 Å². The van der Waals surface area contributed by atoms with Crippen LogP contribution in [0.3, 0.4) is 0 Å². The van der Waals surface area contributed by atoms with Crippen molar-refractivity contribution < 1.29 is 0 Å². The summed E-state index contributed by atoms with van der Waals surface area (Å²) in [5.41, 5.74) is 1.36. The van der Waals surface area contributed by atoms with Gasteiger partial charge in [0.25, 0.3) is 0 Å². The molecule has 0 fully saturated rings. The fourth-order valence-electron chi connectivity index (χ4n) is 1.37. The Morgan fingerprint density at radius 1 is 1.50 bits per heavy atom. The lowest BCUT2D eigenvalue weighted by Crippen LogP contribution is -2.12. The monoisotopic (exact) mass is 134 g/mol. The van der Waals surface area contributed by atoms with E-state index < -0.39 is 0 Å². The smallest absolute Gasteiger partial charge is 0.0958 e. The molecule has 0 bridgehead atoms. The Bertz CT molecular complexity index is 213. The van der Waals surface area contributed by atoms with Gasteiger partial charge in [0.15, 0.2) is 0 Å². The van der Waals surface area contributed by atoms with E-state index in [9.17, 15) is 0 Å². The first-order chi connectivity index (χ1) is 4.97. The van der Waals surface area contributed by atoms with Gasteiger partial charge in [-0.1, -0.05) is 18.2 Å². The van der Waals surface area contributed by atoms with Crippen molar-refractivity contribution in [3.05, 3.63) is 23.8 Å². The number of azo groups is 1. The second-order valence-electron chi connectivity index (χ2n) is 2.64. The van der Waals surface area contributed by atoms with Crippen molar-refractivity contribution in [3.63, 3.8) is 0 Å². The Kier molecular flexibility index (Phi) is 1.38. The second kappa shape index (κ2) is 2.37. The minimum atomic E-state index is 0.388. The Labute approximate surface area is 60.3 Å². The molecule has 0 saturated heterocycles. The molecule has 2 heteroatoms. The molecule has 0 radical (unpaired) electrons. The molecule has 1 aliphatic carbocycles. The highest BCUT2D eigenvalue weighted by atomic mass is 15.1. The number of allylic oxidation sites excluding steroid dienone is 1. The van der Waals surface area contributed by atoms with Crippen LogP contribution in [0.4, 0.5) is 0 Å². The van der Waals surface area contributed by atoms with Crippen LogP contribution in [0.2, 0.25) is 0 Å². The number of hydrogen-bond acceptors (Lipinski definition) is 2. The lowest BCUT2D eigenvalue weighted by molar-refractivity contribution is 0.636. The fraction of sp³-hybridized carbons (Fsp3) is 0.500. The summed E-state index contributed by atoms with van der Waals surface area (Å²) in [6.45, 7) is 0.774. The van der Waals surface area contributed by atoms with Crippen molar-refractivity contribution in [2.24, 2.45) is 10.2 Å². The van der Waals surface area contributed by atoms with Gasteiger partial charge in [0.2, 0.25) is 0 Å². The molecule has 0 aromatic heterocycles. The second-order valence-corrected chi connectivity index (χ2v) is 2.64. The summed E-state index contributed by atoms with van der Waals surface area (Å²) in [6, 6.07) is 0.388. The summed E-state index contributed by atoms with van der Waals surface area (Å²) < 4.78 is 0. The van der Waals surface area contributed by atoms with E-state index >= 15 is 0 Å². The van der Waals surface area contributed by atoms with Gasteiger partial charge in [-0.25, -0.2) is 0 Å². The highest BCUT2D eigenvalue weighted by Gasteiger charge is 2.15. The zero-order valence-electron chi connectivity index (χ0n) is 5.83. The molecule has 2 rings (SSSR count). The SMILES string of the molecule is C1=CC2=CCN=NC2CC1. The Morgan fingerprint density at radius 2 is 2.50 bits per heavy atom. The first-order valence-electron chi connectivity index (χ1n) is 3.70. The highest BCUT2D eigenvalue weighted by Crippen LogP contribution is 2.22. The summed E-state index contributed by atoms with van der Waals surface area (Å²) in [4.78, 5) is 0. The summed E-state index contributed by atoms with van der Waals surface area (Å²) in [5, 5.41) is 8.13. The zero-order chi connectivity index (χ0) is 6.81. The maximum absolute atomic E-state index is 4.16. The van der Waals surface area contributed by atoms with Crippen molar-refractivity contribution in [1.29, 1.82) is 0 Å². The topological polar surface area (TPSA) is 24.7 Å². The average Bonchev–Trinajstić information content (AvgIpc) is 2.05. The van der Waals surface area contributed by atoms with Crippen LogP contribution in [0, 0.1) is 0 Å². The summed E-state index contributed by atoms with van der Waals surface area (Å²) in [7, 11) is 0. The van der Waals surface area contributed by atoms with E-state index in [-0.39, 0.29) is 0 Å². The molecule has 2 nitrogen and oxygen atoms in total. The predicted molar refractivity (Wildman–Crippen MR) is 40.0 cm³/mol. The molecule has 1 atom stereocenters. The van der Waals surface area contributed by atoms with Crippen LogP contribution in [0.5, 0.6) is 0 Å². The maximum Gasteiger partial charge on any atom is 0.0958 e. The van der Waals surface area contributed by atoms with E-state index in [1.54, 1.807) is 0 Å². The normalized spacial score (nSPS) is 29.6. The molecular formula is C8H10N2. The minimum absolute atomic E-state index is 0.388. The van der Waals surface area contributed by atoms with Crippen LogP contribution >= 0.6 is 0 Å². The molecular weight excluding hydrogens is 124 g/mol. The Morgan fingerprint density at radius 3 is 3.40 bits per heavy atom. The van der Waals surface area contributed by atoms with Gasteiger partial charge in [0.1, 0.15) is 0 Å². The molecule has 1 heterocycles. The van der Waals surface area contributed by atoms with E-state index in [4.69, 9.17) is 0 Å². The van der Waals surface area contributed by atoms with Gasteiger partial charge in [-0.15, -0.1) is 0 Å². The van der Waals surface area contributed by atoms with E-state index in [0.717, 1.165) is 19.4 Å². The first kappa shape index (κ1) is 5.83. The van der Waals surface area contributed by atoms with E-state index in [1.165, 1.54) is 5.57 Å². The third-order valence-electron chi connectivity index (χ3n) is 1.93. The van der Waals surface area contributed by atoms with Crippen molar-refractivity contribution >= 4 is 0 Å². The number of rotatable bonds is 0. The molecule has 1 unspecified atom stereocenters. The molecule has 2 aliphatic rings. The quantitative estimate of drug-likeness (QED) is 0.484. The largest absolute Gasteiger partial charge is 0.189 e. The number of fused-ring (bicyclic) bond motifs is 1. The van der Waals surface area contributed by atoms with Crippen LogP contribution in [0.15, 0.2) is 34.0 Å². The lowest BCUT2D eigenvalue weighted by Gasteiger charge is -2.18. The molecule has 0 amide bonds. The van der Waals surface area contributed by atoms with E-state index in [0.29, 0.717) is 6.04 Å². The fourth-order valence-corrected chi connectivity index (χ4v) is 1.37. The van der Waals surface area contributed by atoms with Crippen LogP contribution in [0.25, 0.3) is 0 Å². The van der Waals surface area contributed by atoms with Gasteiger partial charge >= 0.3 is 0 Å². The molecule has 1 aliphatic heterocycles. The third kappa shape index (κ3) is 0.897. The van der Waals surface area contributed by atoms with Crippen molar-refractivity contribution in [1.82, 2.24) is 0 Å². The molecule has 0 aromatic carbocycles. The maximum atomic E-state index is 4.16. The van der Waals surface area contributed by atoms with Gasteiger partial charge in [-0.05, 0) is 18.4 Å². The predicted octanol–water partition coefficient (Wildman–Crippen LogP) is 2.10. The van der Waals surface area contributed by atoms with Gasteiger partial charge in [-0.2, -0.15) is 10.2 Å². The highest BCUT2D eigenvalue weighted by molar-refractivity contribution is 5.29. The first-order valence-corrected chi connectivity index (χ1v) is 3.70. The Balaban J connectivity index is 2.26. The third-order valence-corrected chi connectivity index (χ3v) is 1.93. The van der Waals surface area contributed by atoms with Crippen LogP contribution in [-0.4, -0.2) is 12.6 Å². The van der Waals surface area contributed by atoms with Gasteiger partial charge in [0.05, 0.1) is 12.6 Å². The summed E-state index contributed by atoms with van der Waals surface area (Å²) in [6.07, 6.45) is 8.84. The number of hydrogen-bond donors (Lipinski definition) is 0. The summed E-state index contributed by atoms with van der Waals surface area (Å²) in [5.74, 6) is 0. The molecule has 0 aromatic rings. The molecule has 10 heavy (non-hydrogen) atoms. The van der Waals surface area contributed by atoms with Crippen molar-refractivity contribution in [2.75, 3.05) is 6.54 Å². The minimum Gasteiger partial charge on any atom is -0.189 e. The Hall–Kier alpha value is -0.920. The van der Waals surface area contributed by atoms with E-state index in [2.05, 4.69) is 28.5 Å². The van der Waals surface area contributed by atoms with Gasteiger partial charge in [-0.3, -0.25) is 0 Å². The standard InChI is InChI=1S/C8H10N2/c1-2-4-8-7(3-1)5-6-9-10-8/h1,3,5,8H,2,4,6H2. The van der Waals surface area contributed by atoms with Crippen molar-refractivity contribution in [2.45, 2.75) is 18.9 Å². The molecule has 0 N–H and O–H groups in total.